The molecule has 0 saturated heterocycles. The fraction of sp³-hybridized carbons (Fsp3) is 0.0556. The molecule has 0 radical (unpaired) electrons. The molecule has 0 fully saturated rings. The minimum Gasteiger partial charge on any atom is -0.460 e. The highest BCUT2D eigenvalue weighted by molar-refractivity contribution is 6.12. The first-order valence-electron chi connectivity index (χ1n) is 6.51. The number of ketones is 1. The van der Waals surface area contributed by atoms with Crippen LogP contribution in [0.2, 0.25) is 0 Å². The Balaban J connectivity index is 1.91. The average Bonchev–Trinajstić information content (AvgIpc) is 2.51. The van der Waals surface area contributed by atoms with Gasteiger partial charge in [0.1, 0.15) is 5.75 Å². The Kier molecular flexibility index (Phi) is 3.55. The standard InChI is InChI=1S/C18H12O3/c19-17-14-10-4-5-12-16(14)21-18(20)15(17)11-6-9-13-7-2-1-3-8-13/h1-5,7-8,10-12,18,20H/b15-11+. The normalized spacial score (nSPS) is 18.4. The Morgan fingerprint density at radius 3 is 2.57 bits per heavy atom. The van der Waals surface area contributed by atoms with Crippen LogP contribution in [0.4, 0.5) is 0 Å². The van der Waals surface area contributed by atoms with Gasteiger partial charge in [-0.05, 0) is 24.3 Å². The summed E-state index contributed by atoms with van der Waals surface area (Å²) < 4.78 is 5.32. The van der Waals surface area contributed by atoms with Crippen molar-refractivity contribution in [3.63, 3.8) is 0 Å². The largest absolute Gasteiger partial charge is 0.460 e. The van der Waals surface area contributed by atoms with Gasteiger partial charge in [-0.3, -0.25) is 4.79 Å². The lowest BCUT2D eigenvalue weighted by molar-refractivity contribution is 0.00798. The van der Waals surface area contributed by atoms with Gasteiger partial charge in [-0.25, -0.2) is 0 Å². The summed E-state index contributed by atoms with van der Waals surface area (Å²) in [6.45, 7) is 0. The van der Waals surface area contributed by atoms with E-state index in [0.717, 1.165) is 5.56 Å². The van der Waals surface area contributed by atoms with Gasteiger partial charge in [-0.15, -0.1) is 0 Å². The summed E-state index contributed by atoms with van der Waals surface area (Å²) in [6.07, 6.45) is 0.133. The van der Waals surface area contributed by atoms with Crippen LogP contribution in [0.1, 0.15) is 15.9 Å². The second kappa shape index (κ2) is 5.66. The molecular formula is C18H12O3. The number of carbonyl (C=O) groups is 1. The fourth-order valence-electron chi connectivity index (χ4n) is 2.06. The molecule has 0 saturated carbocycles. The summed E-state index contributed by atoms with van der Waals surface area (Å²) in [7, 11) is 0. The van der Waals surface area contributed by atoms with Gasteiger partial charge in [0.2, 0.25) is 6.29 Å². The van der Waals surface area contributed by atoms with Crippen molar-refractivity contribution in [2.45, 2.75) is 6.29 Å². The molecule has 0 bridgehead atoms. The van der Waals surface area contributed by atoms with E-state index >= 15 is 0 Å². The summed E-state index contributed by atoms with van der Waals surface area (Å²) in [4.78, 5) is 12.3. The maximum Gasteiger partial charge on any atom is 0.228 e. The number of allylic oxidation sites excluding steroid dienone is 1. The number of para-hydroxylation sites is 1. The summed E-state index contributed by atoms with van der Waals surface area (Å²) >= 11 is 0. The van der Waals surface area contributed by atoms with Crippen LogP contribution in [0.25, 0.3) is 0 Å². The summed E-state index contributed by atoms with van der Waals surface area (Å²) in [5.74, 6) is 5.84. The van der Waals surface area contributed by atoms with Crippen LogP contribution in [0.15, 0.2) is 66.2 Å². The number of rotatable bonds is 0. The van der Waals surface area contributed by atoms with Gasteiger partial charge in [0.05, 0.1) is 11.1 Å². The van der Waals surface area contributed by atoms with E-state index in [0.29, 0.717) is 11.3 Å². The zero-order valence-electron chi connectivity index (χ0n) is 11.1. The van der Waals surface area contributed by atoms with Crippen molar-refractivity contribution in [2.24, 2.45) is 0 Å². The first-order chi connectivity index (χ1) is 10.3. The SMILES string of the molecule is O=C1/C(=C\C#Cc2ccccc2)C(O)Oc2ccccc21. The number of aliphatic hydroxyl groups is 1. The number of benzene rings is 2. The van der Waals surface area contributed by atoms with Crippen LogP contribution in [-0.2, 0) is 0 Å². The molecule has 1 unspecified atom stereocenters. The molecule has 0 amide bonds. The first kappa shape index (κ1) is 13.2. The maximum atomic E-state index is 12.3. The minimum absolute atomic E-state index is 0.150. The summed E-state index contributed by atoms with van der Waals surface area (Å²) in [6, 6.07) is 16.3. The van der Waals surface area contributed by atoms with Crippen molar-refractivity contribution >= 4 is 5.78 Å². The van der Waals surface area contributed by atoms with Crippen LogP contribution in [0.5, 0.6) is 5.75 Å². The highest BCUT2D eigenvalue weighted by Gasteiger charge is 2.29. The quantitative estimate of drug-likeness (QED) is 0.594. The van der Waals surface area contributed by atoms with Crippen molar-refractivity contribution in [3.05, 3.63) is 77.4 Å². The molecule has 0 aromatic heterocycles. The second-order valence-electron chi connectivity index (χ2n) is 4.53. The van der Waals surface area contributed by atoms with E-state index in [4.69, 9.17) is 4.74 Å². The average molecular weight is 276 g/mol. The van der Waals surface area contributed by atoms with Crippen LogP contribution in [0, 0.1) is 11.8 Å². The number of ether oxygens (including phenoxy) is 1. The number of fused-ring (bicyclic) bond motifs is 1. The molecule has 3 rings (SSSR count). The third-order valence-corrected chi connectivity index (χ3v) is 3.12. The van der Waals surface area contributed by atoms with Gasteiger partial charge in [-0.1, -0.05) is 42.2 Å². The number of hydrogen-bond donors (Lipinski definition) is 1. The lowest BCUT2D eigenvalue weighted by Gasteiger charge is -2.22. The molecule has 1 atom stereocenters. The van der Waals surface area contributed by atoms with Gasteiger partial charge in [-0.2, -0.15) is 0 Å². The van der Waals surface area contributed by atoms with Crippen LogP contribution >= 0.6 is 0 Å². The third kappa shape index (κ3) is 2.71. The Bertz CT molecular complexity index is 764. The molecule has 21 heavy (non-hydrogen) atoms. The Morgan fingerprint density at radius 2 is 1.76 bits per heavy atom. The van der Waals surface area contributed by atoms with Crippen molar-refractivity contribution in [2.75, 3.05) is 0 Å². The van der Waals surface area contributed by atoms with E-state index in [-0.39, 0.29) is 11.4 Å². The van der Waals surface area contributed by atoms with Crippen LogP contribution < -0.4 is 4.74 Å². The molecular weight excluding hydrogens is 264 g/mol. The molecule has 0 aliphatic carbocycles. The monoisotopic (exact) mass is 276 g/mol. The van der Waals surface area contributed by atoms with Crippen LogP contribution in [-0.4, -0.2) is 17.2 Å². The molecule has 3 nitrogen and oxygen atoms in total. The van der Waals surface area contributed by atoms with Crippen molar-refractivity contribution in [1.29, 1.82) is 0 Å². The van der Waals surface area contributed by atoms with E-state index in [1.54, 1.807) is 24.3 Å². The molecule has 0 spiro atoms. The molecule has 1 aliphatic rings. The van der Waals surface area contributed by atoms with Gasteiger partial charge in [0, 0.05) is 11.6 Å². The highest BCUT2D eigenvalue weighted by Crippen LogP contribution is 2.29. The predicted molar refractivity (Wildman–Crippen MR) is 78.8 cm³/mol. The maximum absolute atomic E-state index is 12.3. The van der Waals surface area contributed by atoms with E-state index < -0.39 is 6.29 Å². The smallest absolute Gasteiger partial charge is 0.228 e. The lowest BCUT2D eigenvalue weighted by Crippen LogP contribution is -2.29. The molecule has 2 aromatic rings. The van der Waals surface area contributed by atoms with E-state index in [9.17, 15) is 9.90 Å². The van der Waals surface area contributed by atoms with Crippen molar-refractivity contribution in [3.8, 4) is 17.6 Å². The Labute approximate surface area is 122 Å². The Hall–Kier alpha value is -2.83. The molecule has 3 heteroatoms. The van der Waals surface area contributed by atoms with Crippen molar-refractivity contribution < 1.29 is 14.6 Å². The minimum atomic E-state index is -1.28. The Morgan fingerprint density at radius 1 is 1.05 bits per heavy atom. The van der Waals surface area contributed by atoms with Gasteiger partial charge in [0.25, 0.3) is 0 Å². The molecule has 2 aromatic carbocycles. The van der Waals surface area contributed by atoms with Crippen molar-refractivity contribution in [1.82, 2.24) is 0 Å². The number of aliphatic hydroxyl groups excluding tert-OH is 1. The predicted octanol–water partition coefficient (Wildman–Crippen LogP) is 2.56. The molecule has 102 valence electrons. The number of carbonyl (C=O) groups excluding carboxylic acids is 1. The molecule has 1 heterocycles. The van der Waals surface area contributed by atoms with E-state index in [1.165, 1.54) is 6.08 Å². The first-order valence-corrected chi connectivity index (χ1v) is 6.51. The van der Waals surface area contributed by atoms with E-state index in [2.05, 4.69) is 11.8 Å². The fourth-order valence-corrected chi connectivity index (χ4v) is 2.06. The lowest BCUT2D eigenvalue weighted by atomic mass is 9.99. The third-order valence-electron chi connectivity index (χ3n) is 3.12. The van der Waals surface area contributed by atoms with Crippen LogP contribution in [0.3, 0.4) is 0 Å². The van der Waals surface area contributed by atoms with Gasteiger partial charge in [0.15, 0.2) is 5.78 Å². The second-order valence-corrected chi connectivity index (χ2v) is 4.53. The molecule has 1 N–H and O–H groups in total. The molecule has 1 aliphatic heterocycles. The number of Topliss-reactive ketones (excluding diaryl/α,β-unsaturated/α-hetero) is 1. The highest BCUT2D eigenvalue weighted by atomic mass is 16.6. The van der Waals surface area contributed by atoms with Gasteiger partial charge < -0.3 is 9.84 Å². The van der Waals surface area contributed by atoms with E-state index in [1.807, 2.05) is 30.3 Å². The van der Waals surface area contributed by atoms with Gasteiger partial charge >= 0.3 is 0 Å². The number of hydrogen-bond acceptors (Lipinski definition) is 3. The summed E-state index contributed by atoms with van der Waals surface area (Å²) in [5, 5.41) is 9.90. The summed E-state index contributed by atoms with van der Waals surface area (Å²) in [5.41, 5.74) is 1.43. The zero-order valence-corrected chi connectivity index (χ0v) is 11.1. The zero-order chi connectivity index (χ0) is 14.7. The topological polar surface area (TPSA) is 46.5 Å².